The molecule has 8 heteroatoms. The fourth-order valence-electron chi connectivity index (χ4n) is 0.325. The number of hydrogen-bond acceptors (Lipinski definition) is 6. The van der Waals surface area contributed by atoms with Gasteiger partial charge < -0.3 is 13.5 Å². The molecule has 1 aromatic heterocycles. The Labute approximate surface area is 104 Å². The van der Waals surface area contributed by atoms with Crippen molar-refractivity contribution in [2.24, 2.45) is 0 Å². The van der Waals surface area contributed by atoms with Gasteiger partial charge in [0.1, 0.15) is 0 Å². The second-order valence-electron chi connectivity index (χ2n) is 1.53. The molecule has 0 radical (unpaired) electrons. The van der Waals surface area contributed by atoms with E-state index in [-0.39, 0.29) is 43.4 Å². The average molecular weight is 232 g/mol. The molecule has 1 aromatic rings. The van der Waals surface area contributed by atoms with Gasteiger partial charge in [0.05, 0.1) is 6.26 Å². The van der Waals surface area contributed by atoms with Crippen LogP contribution in [0.25, 0.3) is 0 Å². The SMILES string of the molecule is O=S(=O)([O-])[O-].O=c1cccco1.[Ca+2]. The van der Waals surface area contributed by atoms with Crippen molar-refractivity contribution in [1.82, 2.24) is 0 Å². The minimum absolute atomic E-state index is 0. The maximum Gasteiger partial charge on any atom is 2.00 e. The summed E-state index contributed by atoms with van der Waals surface area (Å²) in [5, 5.41) is 0. The minimum atomic E-state index is -5.17. The van der Waals surface area contributed by atoms with Gasteiger partial charge in [-0.2, -0.15) is 0 Å². The fraction of sp³-hybridized carbons (Fsp3) is 0. The van der Waals surface area contributed by atoms with E-state index in [2.05, 4.69) is 4.42 Å². The predicted molar refractivity (Wildman–Crippen MR) is 41.2 cm³/mol. The molecular formula is C5H4CaO6S. The molecule has 0 aliphatic heterocycles. The monoisotopic (exact) mass is 232 g/mol. The molecule has 0 aromatic carbocycles. The van der Waals surface area contributed by atoms with Crippen LogP contribution in [0, 0.1) is 0 Å². The molecule has 0 N–H and O–H groups in total. The Balaban J connectivity index is 0. The van der Waals surface area contributed by atoms with Crippen molar-refractivity contribution in [1.29, 1.82) is 0 Å². The van der Waals surface area contributed by atoms with E-state index in [1.165, 1.54) is 12.3 Å². The average Bonchev–Trinajstić information content (AvgIpc) is 1.85. The molecule has 68 valence electrons. The fourth-order valence-corrected chi connectivity index (χ4v) is 0.325. The Hall–Kier alpha value is 0.0797. The number of rotatable bonds is 0. The van der Waals surface area contributed by atoms with E-state index in [4.69, 9.17) is 17.5 Å². The normalized spacial score (nSPS) is 9.08. The molecule has 0 saturated carbocycles. The first kappa shape index (κ1) is 15.5. The summed E-state index contributed by atoms with van der Waals surface area (Å²) in [7, 11) is -5.17. The Morgan fingerprint density at radius 3 is 1.85 bits per heavy atom. The van der Waals surface area contributed by atoms with Gasteiger partial charge in [0, 0.05) is 16.5 Å². The van der Waals surface area contributed by atoms with Crippen molar-refractivity contribution in [3.8, 4) is 0 Å². The summed E-state index contributed by atoms with van der Waals surface area (Å²) in [6, 6.07) is 4.65. The van der Waals surface area contributed by atoms with Crippen molar-refractivity contribution in [2.45, 2.75) is 0 Å². The van der Waals surface area contributed by atoms with Crippen molar-refractivity contribution in [3.05, 3.63) is 34.9 Å². The Morgan fingerprint density at radius 2 is 1.69 bits per heavy atom. The molecule has 0 amide bonds. The van der Waals surface area contributed by atoms with Crippen LogP contribution in [0.3, 0.4) is 0 Å². The molecule has 0 saturated heterocycles. The first-order valence-corrected chi connectivity index (χ1v) is 3.93. The van der Waals surface area contributed by atoms with E-state index in [0.29, 0.717) is 0 Å². The van der Waals surface area contributed by atoms with Gasteiger partial charge in [0.25, 0.3) is 0 Å². The zero-order chi connectivity index (χ0) is 9.61. The van der Waals surface area contributed by atoms with Gasteiger partial charge in [-0.1, -0.05) is 6.07 Å². The Morgan fingerprint density at radius 1 is 1.23 bits per heavy atom. The molecule has 6 nitrogen and oxygen atoms in total. The first-order valence-electron chi connectivity index (χ1n) is 2.60. The van der Waals surface area contributed by atoms with Crippen molar-refractivity contribution < 1.29 is 21.9 Å². The van der Waals surface area contributed by atoms with Crippen LogP contribution >= 0.6 is 0 Å². The van der Waals surface area contributed by atoms with Gasteiger partial charge in [-0.3, -0.25) is 8.42 Å². The summed E-state index contributed by atoms with van der Waals surface area (Å²) in [5.41, 5.74) is -0.303. The molecule has 1 heterocycles. The van der Waals surface area contributed by atoms with Crippen LogP contribution < -0.4 is 5.63 Å². The van der Waals surface area contributed by atoms with Crippen LogP contribution in [-0.4, -0.2) is 55.3 Å². The molecule has 13 heavy (non-hydrogen) atoms. The van der Waals surface area contributed by atoms with Gasteiger partial charge >= 0.3 is 43.4 Å². The first-order chi connectivity index (χ1) is 5.39. The molecule has 0 atom stereocenters. The maximum absolute atomic E-state index is 10.1. The van der Waals surface area contributed by atoms with Crippen LogP contribution in [-0.2, 0) is 10.4 Å². The van der Waals surface area contributed by atoms with E-state index in [1.807, 2.05) is 0 Å². The second-order valence-corrected chi connectivity index (χ2v) is 2.35. The summed E-state index contributed by atoms with van der Waals surface area (Å²) in [5.74, 6) is 0. The standard InChI is InChI=1S/C5H4O2.Ca.H2O4S/c6-5-3-1-2-4-7-5;;1-5(2,3)4/h1-4H;;(H2,1,2,3,4)/q;+2;/p-2. The molecular weight excluding hydrogens is 228 g/mol. The molecule has 0 spiro atoms. The van der Waals surface area contributed by atoms with Gasteiger partial charge in [-0.25, -0.2) is 4.79 Å². The molecule has 0 unspecified atom stereocenters. The zero-order valence-corrected chi connectivity index (χ0v) is 9.40. The van der Waals surface area contributed by atoms with Crippen LogP contribution in [0.2, 0.25) is 0 Å². The summed E-state index contributed by atoms with van der Waals surface area (Å²) in [4.78, 5) is 10.1. The number of hydrogen-bond donors (Lipinski definition) is 0. The summed E-state index contributed by atoms with van der Waals surface area (Å²) in [6.45, 7) is 0. The maximum atomic E-state index is 10.1. The predicted octanol–water partition coefficient (Wildman–Crippen LogP) is -1.08. The van der Waals surface area contributed by atoms with Crippen LogP contribution in [0.1, 0.15) is 0 Å². The third-order valence-corrected chi connectivity index (χ3v) is 0.606. The Kier molecular flexibility index (Phi) is 8.95. The molecule has 0 aliphatic carbocycles. The van der Waals surface area contributed by atoms with Crippen LogP contribution in [0.15, 0.2) is 33.7 Å². The van der Waals surface area contributed by atoms with E-state index in [9.17, 15) is 4.79 Å². The molecule has 0 bridgehead atoms. The third kappa shape index (κ3) is 18.8. The zero-order valence-electron chi connectivity index (χ0n) is 6.37. The third-order valence-electron chi connectivity index (χ3n) is 0.606. The van der Waals surface area contributed by atoms with E-state index in [1.54, 1.807) is 12.1 Å². The quantitative estimate of drug-likeness (QED) is 0.319. The Bertz CT molecular complexity index is 343. The largest absolute Gasteiger partial charge is 2.00 e. The van der Waals surface area contributed by atoms with E-state index >= 15 is 0 Å². The summed E-state index contributed by atoms with van der Waals surface area (Å²) >= 11 is 0. The van der Waals surface area contributed by atoms with Gasteiger partial charge in [-0.15, -0.1) is 0 Å². The topological polar surface area (TPSA) is 110 Å². The molecule has 0 aliphatic rings. The molecule has 0 fully saturated rings. The van der Waals surface area contributed by atoms with E-state index in [0.717, 1.165) is 0 Å². The van der Waals surface area contributed by atoms with Crippen molar-refractivity contribution in [3.63, 3.8) is 0 Å². The second kappa shape index (κ2) is 7.48. The van der Waals surface area contributed by atoms with Gasteiger partial charge in [0.15, 0.2) is 0 Å². The van der Waals surface area contributed by atoms with Gasteiger partial charge in [-0.05, 0) is 6.07 Å². The summed E-state index contributed by atoms with van der Waals surface area (Å²) < 4.78 is 38.5. The smallest absolute Gasteiger partial charge is 0.759 e. The molecule has 1 rings (SSSR count). The van der Waals surface area contributed by atoms with Crippen molar-refractivity contribution in [2.75, 3.05) is 0 Å². The van der Waals surface area contributed by atoms with Gasteiger partial charge in [0.2, 0.25) is 0 Å². The van der Waals surface area contributed by atoms with E-state index < -0.39 is 10.4 Å². The van der Waals surface area contributed by atoms with Crippen LogP contribution in [0.4, 0.5) is 0 Å². The van der Waals surface area contributed by atoms with Crippen LogP contribution in [0.5, 0.6) is 0 Å². The van der Waals surface area contributed by atoms with Crippen molar-refractivity contribution >= 4 is 48.1 Å². The minimum Gasteiger partial charge on any atom is -0.759 e. The summed E-state index contributed by atoms with van der Waals surface area (Å²) in [6.07, 6.45) is 1.35.